The molecule has 0 bridgehead atoms. The van der Waals surface area contributed by atoms with E-state index in [0.717, 1.165) is 43.9 Å². The number of nitrogens with one attached hydrogen (secondary N) is 1. The number of hydrogen-bond acceptors (Lipinski definition) is 3. The van der Waals surface area contributed by atoms with Gasteiger partial charge in [-0.05, 0) is 55.2 Å². The van der Waals surface area contributed by atoms with E-state index >= 15 is 0 Å². The summed E-state index contributed by atoms with van der Waals surface area (Å²) in [5.41, 5.74) is 1.09. The Balaban J connectivity index is 1.46. The van der Waals surface area contributed by atoms with Crippen LogP contribution in [-0.2, 0) is 17.4 Å². The summed E-state index contributed by atoms with van der Waals surface area (Å²) in [5.74, 6) is -0.932. The number of rotatable bonds is 3. The molecule has 2 aliphatic heterocycles. The van der Waals surface area contributed by atoms with Crippen molar-refractivity contribution < 1.29 is 22.4 Å². The molecule has 1 saturated carbocycles. The number of carbonyl (C=O) groups is 1. The minimum Gasteiger partial charge on any atom is -0.365 e. The molecule has 2 heterocycles. The lowest BCUT2D eigenvalue weighted by atomic mass is 9.82. The first kappa shape index (κ1) is 23.0. The molecule has 2 fully saturated rings. The summed E-state index contributed by atoms with van der Waals surface area (Å²) in [6, 6.07) is 10.3. The molecule has 8 heteroatoms. The highest BCUT2D eigenvalue weighted by molar-refractivity contribution is 5.82. The number of hydrogen-bond donors (Lipinski definition) is 1. The maximum absolute atomic E-state index is 14.5. The first-order chi connectivity index (χ1) is 16.3. The first-order valence-electron chi connectivity index (χ1n) is 12.1. The lowest BCUT2D eigenvalue weighted by molar-refractivity contribution is -0.137. The first-order valence-corrected chi connectivity index (χ1v) is 12.1. The van der Waals surface area contributed by atoms with Crippen LogP contribution in [0.25, 0.3) is 0 Å². The van der Waals surface area contributed by atoms with Crippen molar-refractivity contribution >= 4 is 17.3 Å². The summed E-state index contributed by atoms with van der Waals surface area (Å²) >= 11 is 0. The van der Waals surface area contributed by atoms with Gasteiger partial charge in [0.1, 0.15) is 5.82 Å². The van der Waals surface area contributed by atoms with Gasteiger partial charge in [-0.25, -0.2) is 4.39 Å². The Morgan fingerprint density at radius 3 is 2.47 bits per heavy atom. The normalized spacial score (nSPS) is 23.3. The number of benzene rings is 2. The Bertz CT molecular complexity index is 1050. The van der Waals surface area contributed by atoms with Crippen LogP contribution in [0.15, 0.2) is 42.5 Å². The zero-order valence-electron chi connectivity index (χ0n) is 19.0. The van der Waals surface area contributed by atoms with Crippen LogP contribution in [0.4, 0.5) is 28.9 Å². The second kappa shape index (κ2) is 9.12. The van der Waals surface area contributed by atoms with E-state index in [1.807, 2.05) is 4.90 Å². The molecule has 1 N–H and O–H groups in total. The molecule has 5 rings (SSSR count). The number of anilines is 2. The third-order valence-electron chi connectivity index (χ3n) is 7.52. The van der Waals surface area contributed by atoms with Crippen LogP contribution in [0.1, 0.15) is 43.2 Å². The molecule has 182 valence electrons. The highest BCUT2D eigenvalue weighted by Crippen LogP contribution is 2.40. The summed E-state index contributed by atoms with van der Waals surface area (Å²) in [5, 5.41) is 3.18. The van der Waals surface area contributed by atoms with Crippen LogP contribution in [0.5, 0.6) is 0 Å². The molecule has 0 aromatic heterocycles. The summed E-state index contributed by atoms with van der Waals surface area (Å²) < 4.78 is 54.7. The highest BCUT2D eigenvalue weighted by Gasteiger charge is 2.43. The predicted octanol–water partition coefficient (Wildman–Crippen LogP) is 5.16. The lowest BCUT2D eigenvalue weighted by Crippen LogP contribution is -2.62. The molecule has 34 heavy (non-hydrogen) atoms. The van der Waals surface area contributed by atoms with Crippen molar-refractivity contribution in [3.63, 3.8) is 0 Å². The molecule has 0 spiro atoms. The van der Waals surface area contributed by atoms with Crippen LogP contribution in [0, 0.1) is 11.7 Å². The average Bonchev–Trinajstić information content (AvgIpc) is 2.83. The van der Waals surface area contributed by atoms with Crippen LogP contribution in [-0.4, -0.2) is 37.6 Å². The number of para-hydroxylation sites is 1. The van der Waals surface area contributed by atoms with E-state index in [-0.39, 0.29) is 30.2 Å². The van der Waals surface area contributed by atoms with Crippen molar-refractivity contribution in [2.75, 3.05) is 29.4 Å². The fourth-order valence-electron chi connectivity index (χ4n) is 5.78. The number of piperazine rings is 1. The summed E-state index contributed by atoms with van der Waals surface area (Å²) in [6.07, 6.45) is 0.983. The lowest BCUT2D eigenvalue weighted by Gasteiger charge is -2.50. The van der Waals surface area contributed by atoms with Gasteiger partial charge < -0.3 is 15.1 Å². The van der Waals surface area contributed by atoms with E-state index in [1.54, 1.807) is 18.2 Å². The molecule has 2 aromatic rings. The summed E-state index contributed by atoms with van der Waals surface area (Å²) in [6.45, 7) is 1.46. The number of amides is 1. The van der Waals surface area contributed by atoms with Crippen molar-refractivity contribution in [3.8, 4) is 0 Å². The van der Waals surface area contributed by atoms with Gasteiger partial charge in [-0.3, -0.25) is 4.79 Å². The number of nitrogens with zero attached hydrogens (tertiary/aromatic N) is 2. The quantitative estimate of drug-likeness (QED) is 0.623. The van der Waals surface area contributed by atoms with E-state index in [2.05, 4.69) is 10.2 Å². The van der Waals surface area contributed by atoms with E-state index < -0.39 is 17.7 Å². The zero-order valence-corrected chi connectivity index (χ0v) is 19.0. The second-order valence-electron chi connectivity index (χ2n) is 9.65. The molecule has 2 atom stereocenters. The summed E-state index contributed by atoms with van der Waals surface area (Å²) in [4.78, 5) is 17.5. The van der Waals surface area contributed by atoms with E-state index in [4.69, 9.17) is 0 Å². The number of carbonyl (C=O) groups excluding carboxylic acids is 1. The molecular weight excluding hydrogens is 446 g/mol. The molecule has 4 nitrogen and oxygen atoms in total. The SMILES string of the molecule is O=C(NC1CCCCC1)C1Cc2cc(C(F)(F)F)ccc2N2CCN(c3ccccc3F)CC12. The molecule has 2 aromatic carbocycles. The van der Waals surface area contributed by atoms with Crippen LogP contribution in [0.2, 0.25) is 0 Å². The number of halogens is 4. The number of fused-ring (bicyclic) bond motifs is 3. The third kappa shape index (κ3) is 4.46. The van der Waals surface area contributed by atoms with Gasteiger partial charge in [0.15, 0.2) is 0 Å². The van der Waals surface area contributed by atoms with E-state index in [1.165, 1.54) is 18.2 Å². The second-order valence-corrected chi connectivity index (χ2v) is 9.65. The van der Waals surface area contributed by atoms with Crippen molar-refractivity contribution in [2.45, 2.75) is 56.8 Å². The Morgan fingerprint density at radius 1 is 0.971 bits per heavy atom. The van der Waals surface area contributed by atoms with Crippen molar-refractivity contribution in [1.82, 2.24) is 5.32 Å². The van der Waals surface area contributed by atoms with Gasteiger partial charge in [0.05, 0.1) is 23.2 Å². The molecule has 3 aliphatic rings. The van der Waals surface area contributed by atoms with Crippen LogP contribution < -0.4 is 15.1 Å². The molecule has 2 unspecified atom stereocenters. The van der Waals surface area contributed by atoms with Gasteiger partial charge in [0.25, 0.3) is 0 Å². The maximum Gasteiger partial charge on any atom is 0.416 e. The average molecular weight is 476 g/mol. The molecule has 1 aliphatic carbocycles. The molecule has 0 radical (unpaired) electrons. The van der Waals surface area contributed by atoms with Crippen LogP contribution >= 0.6 is 0 Å². The minimum absolute atomic E-state index is 0.111. The van der Waals surface area contributed by atoms with Gasteiger partial charge in [0, 0.05) is 31.4 Å². The van der Waals surface area contributed by atoms with Crippen molar-refractivity contribution in [3.05, 3.63) is 59.4 Å². The largest absolute Gasteiger partial charge is 0.416 e. The van der Waals surface area contributed by atoms with Gasteiger partial charge in [-0.15, -0.1) is 0 Å². The fraction of sp³-hybridized carbons (Fsp3) is 0.500. The Morgan fingerprint density at radius 2 is 1.74 bits per heavy atom. The van der Waals surface area contributed by atoms with Crippen molar-refractivity contribution in [1.29, 1.82) is 0 Å². The zero-order chi connectivity index (χ0) is 23.9. The van der Waals surface area contributed by atoms with Gasteiger partial charge in [0.2, 0.25) is 5.91 Å². The number of alkyl halides is 3. The molecule has 1 amide bonds. The Labute approximate surface area is 196 Å². The van der Waals surface area contributed by atoms with E-state index in [9.17, 15) is 22.4 Å². The van der Waals surface area contributed by atoms with Gasteiger partial charge in [-0.2, -0.15) is 13.2 Å². The standard InChI is InChI=1S/C26H29F4N3O/c27-21-8-4-5-9-23(21)32-12-13-33-22-11-10-18(26(28,29)30)14-17(22)15-20(24(33)16-32)25(34)31-19-6-2-1-3-7-19/h4-5,8-11,14,19-20,24H,1-3,6-7,12-13,15-16H2,(H,31,34). The Hall–Kier alpha value is -2.77. The fourth-order valence-corrected chi connectivity index (χ4v) is 5.78. The predicted molar refractivity (Wildman–Crippen MR) is 123 cm³/mol. The van der Waals surface area contributed by atoms with Gasteiger partial charge in [-0.1, -0.05) is 31.4 Å². The minimum atomic E-state index is -4.44. The highest BCUT2D eigenvalue weighted by atomic mass is 19.4. The summed E-state index contributed by atoms with van der Waals surface area (Å²) in [7, 11) is 0. The topological polar surface area (TPSA) is 35.6 Å². The van der Waals surface area contributed by atoms with Gasteiger partial charge >= 0.3 is 6.18 Å². The Kier molecular flexibility index (Phi) is 6.16. The van der Waals surface area contributed by atoms with Crippen molar-refractivity contribution in [2.24, 2.45) is 5.92 Å². The monoisotopic (exact) mass is 475 g/mol. The third-order valence-corrected chi connectivity index (χ3v) is 7.52. The molecule has 1 saturated heterocycles. The smallest absolute Gasteiger partial charge is 0.365 e. The molecular formula is C26H29F4N3O. The van der Waals surface area contributed by atoms with E-state index in [0.29, 0.717) is 30.9 Å². The van der Waals surface area contributed by atoms with Crippen LogP contribution in [0.3, 0.4) is 0 Å². The maximum atomic E-state index is 14.5.